The van der Waals surface area contributed by atoms with E-state index in [9.17, 15) is 0 Å². The molecule has 1 unspecified atom stereocenters. The molecule has 17 heavy (non-hydrogen) atoms. The summed E-state index contributed by atoms with van der Waals surface area (Å²) in [4.78, 5) is 0. The molecule has 0 spiro atoms. The molecule has 0 aromatic heterocycles. The lowest BCUT2D eigenvalue weighted by molar-refractivity contribution is 0.884. The Labute approximate surface area is 119 Å². The van der Waals surface area contributed by atoms with Gasteiger partial charge in [0.25, 0.3) is 0 Å². The van der Waals surface area contributed by atoms with Crippen molar-refractivity contribution in [1.82, 2.24) is 0 Å². The minimum absolute atomic E-state index is 0.296. The van der Waals surface area contributed by atoms with Crippen LogP contribution in [0.4, 0.5) is 5.69 Å². The van der Waals surface area contributed by atoms with Crippen LogP contribution < -0.4 is 5.32 Å². The van der Waals surface area contributed by atoms with Gasteiger partial charge in [0.05, 0.1) is 0 Å². The van der Waals surface area contributed by atoms with Crippen LogP contribution in [0.2, 0.25) is 0 Å². The van der Waals surface area contributed by atoms with Crippen LogP contribution in [-0.4, -0.2) is 0 Å². The molecule has 0 fully saturated rings. The monoisotopic (exact) mass is 353 g/mol. The molecule has 0 amide bonds. The largest absolute Gasteiger partial charge is 0.379 e. The van der Waals surface area contributed by atoms with Gasteiger partial charge in [-0.05, 0) is 48.9 Å². The van der Waals surface area contributed by atoms with Crippen molar-refractivity contribution < 1.29 is 0 Å². The van der Waals surface area contributed by atoms with E-state index in [1.807, 2.05) is 12.1 Å². The van der Waals surface area contributed by atoms with E-state index in [1.165, 1.54) is 5.56 Å². The van der Waals surface area contributed by atoms with Crippen LogP contribution in [0.15, 0.2) is 57.5 Å². The van der Waals surface area contributed by atoms with Crippen molar-refractivity contribution >= 4 is 37.5 Å². The van der Waals surface area contributed by atoms with Gasteiger partial charge in [-0.25, -0.2) is 0 Å². The average molecular weight is 355 g/mol. The Morgan fingerprint density at radius 1 is 0.824 bits per heavy atom. The maximum atomic E-state index is 3.47. The van der Waals surface area contributed by atoms with E-state index in [4.69, 9.17) is 0 Å². The molecule has 1 nitrogen and oxygen atoms in total. The summed E-state index contributed by atoms with van der Waals surface area (Å²) in [6.07, 6.45) is 0. The molecule has 88 valence electrons. The quantitative estimate of drug-likeness (QED) is 0.779. The summed E-state index contributed by atoms with van der Waals surface area (Å²) in [5.74, 6) is 0. The van der Waals surface area contributed by atoms with E-state index in [-0.39, 0.29) is 0 Å². The van der Waals surface area contributed by atoms with E-state index in [0.717, 1.165) is 14.6 Å². The number of rotatable bonds is 3. The molecule has 0 aliphatic rings. The number of hydrogen-bond acceptors (Lipinski definition) is 1. The second-order valence-corrected chi connectivity index (χ2v) is 5.76. The SMILES string of the molecule is CC(Nc1ccc(Br)cc1)c1ccc(Br)cc1. The van der Waals surface area contributed by atoms with Crippen molar-refractivity contribution in [2.75, 3.05) is 5.32 Å². The smallest absolute Gasteiger partial charge is 0.0485 e. The predicted octanol–water partition coefficient (Wildman–Crippen LogP) is 5.38. The molecule has 1 N–H and O–H groups in total. The highest BCUT2D eigenvalue weighted by atomic mass is 79.9. The van der Waals surface area contributed by atoms with E-state index in [0.29, 0.717) is 6.04 Å². The highest BCUT2D eigenvalue weighted by Crippen LogP contribution is 2.22. The summed E-state index contributed by atoms with van der Waals surface area (Å²) in [6, 6.07) is 16.9. The summed E-state index contributed by atoms with van der Waals surface area (Å²) in [6.45, 7) is 2.16. The molecule has 3 heteroatoms. The summed E-state index contributed by atoms with van der Waals surface area (Å²) in [7, 11) is 0. The third kappa shape index (κ3) is 3.58. The standard InChI is InChI=1S/C14H13Br2N/c1-10(11-2-4-12(15)5-3-11)17-14-8-6-13(16)7-9-14/h2-10,17H,1H3. The molecule has 0 saturated carbocycles. The number of halogens is 2. The van der Waals surface area contributed by atoms with Gasteiger partial charge in [-0.1, -0.05) is 44.0 Å². The Bertz CT molecular complexity index is 477. The molecule has 0 aliphatic heterocycles. The highest BCUT2D eigenvalue weighted by molar-refractivity contribution is 9.10. The topological polar surface area (TPSA) is 12.0 Å². The van der Waals surface area contributed by atoms with Gasteiger partial charge >= 0.3 is 0 Å². The second-order valence-electron chi connectivity index (χ2n) is 3.92. The zero-order chi connectivity index (χ0) is 12.3. The first-order valence-electron chi connectivity index (χ1n) is 5.43. The fraction of sp³-hybridized carbons (Fsp3) is 0.143. The van der Waals surface area contributed by atoms with Gasteiger partial charge in [-0.3, -0.25) is 0 Å². The van der Waals surface area contributed by atoms with E-state index >= 15 is 0 Å². The number of nitrogens with one attached hydrogen (secondary N) is 1. The summed E-state index contributed by atoms with van der Waals surface area (Å²) in [5.41, 5.74) is 2.40. The lowest BCUT2D eigenvalue weighted by atomic mass is 10.1. The summed E-state index contributed by atoms with van der Waals surface area (Å²) >= 11 is 6.88. The Morgan fingerprint density at radius 3 is 1.82 bits per heavy atom. The van der Waals surface area contributed by atoms with Crippen LogP contribution in [0.3, 0.4) is 0 Å². The number of hydrogen-bond donors (Lipinski definition) is 1. The van der Waals surface area contributed by atoms with Crippen molar-refractivity contribution in [3.05, 3.63) is 63.0 Å². The van der Waals surface area contributed by atoms with Crippen molar-refractivity contribution in [3.63, 3.8) is 0 Å². The first-order chi connectivity index (χ1) is 8.15. The minimum atomic E-state index is 0.296. The van der Waals surface area contributed by atoms with Gasteiger partial charge in [0.15, 0.2) is 0 Å². The fourth-order valence-corrected chi connectivity index (χ4v) is 2.16. The third-order valence-corrected chi connectivity index (χ3v) is 3.65. The maximum absolute atomic E-state index is 3.47. The molecule has 2 aromatic rings. The van der Waals surface area contributed by atoms with E-state index in [1.54, 1.807) is 0 Å². The van der Waals surface area contributed by atoms with Crippen LogP contribution in [0.1, 0.15) is 18.5 Å². The second kappa shape index (κ2) is 5.69. The minimum Gasteiger partial charge on any atom is -0.379 e. The van der Waals surface area contributed by atoms with Crippen molar-refractivity contribution in [1.29, 1.82) is 0 Å². The molecule has 2 rings (SSSR count). The fourth-order valence-electron chi connectivity index (χ4n) is 1.63. The average Bonchev–Trinajstić information content (AvgIpc) is 2.33. The predicted molar refractivity (Wildman–Crippen MR) is 80.3 cm³/mol. The summed E-state index contributed by atoms with van der Waals surface area (Å²) < 4.78 is 2.21. The third-order valence-electron chi connectivity index (χ3n) is 2.60. The number of anilines is 1. The zero-order valence-corrected chi connectivity index (χ0v) is 12.6. The van der Waals surface area contributed by atoms with Crippen LogP contribution in [0.5, 0.6) is 0 Å². The van der Waals surface area contributed by atoms with E-state index in [2.05, 4.69) is 80.5 Å². The van der Waals surface area contributed by atoms with Crippen LogP contribution >= 0.6 is 31.9 Å². The molecule has 1 atom stereocenters. The summed E-state index contributed by atoms with van der Waals surface area (Å²) in [5, 5.41) is 3.47. The van der Waals surface area contributed by atoms with Crippen LogP contribution in [0, 0.1) is 0 Å². The first kappa shape index (κ1) is 12.7. The molecular weight excluding hydrogens is 342 g/mol. The lowest BCUT2D eigenvalue weighted by Crippen LogP contribution is -2.06. The molecule has 0 heterocycles. The van der Waals surface area contributed by atoms with Gasteiger partial charge in [0.2, 0.25) is 0 Å². The van der Waals surface area contributed by atoms with Crippen LogP contribution in [-0.2, 0) is 0 Å². The van der Waals surface area contributed by atoms with Crippen molar-refractivity contribution in [2.24, 2.45) is 0 Å². The Hall–Kier alpha value is -0.800. The van der Waals surface area contributed by atoms with Gasteiger partial charge < -0.3 is 5.32 Å². The lowest BCUT2D eigenvalue weighted by Gasteiger charge is -2.15. The van der Waals surface area contributed by atoms with Crippen LogP contribution in [0.25, 0.3) is 0 Å². The molecular formula is C14H13Br2N. The molecule has 0 radical (unpaired) electrons. The number of benzene rings is 2. The van der Waals surface area contributed by atoms with Crippen molar-refractivity contribution in [2.45, 2.75) is 13.0 Å². The van der Waals surface area contributed by atoms with Gasteiger partial charge in [-0.2, -0.15) is 0 Å². The normalized spacial score (nSPS) is 12.2. The highest BCUT2D eigenvalue weighted by Gasteiger charge is 2.04. The maximum Gasteiger partial charge on any atom is 0.0485 e. The Morgan fingerprint density at radius 2 is 1.29 bits per heavy atom. The Kier molecular flexibility index (Phi) is 4.24. The molecule has 0 bridgehead atoms. The molecule has 2 aromatic carbocycles. The van der Waals surface area contributed by atoms with Gasteiger partial charge in [0, 0.05) is 20.7 Å². The molecule has 0 aliphatic carbocycles. The van der Waals surface area contributed by atoms with E-state index < -0.39 is 0 Å². The zero-order valence-electron chi connectivity index (χ0n) is 9.45. The van der Waals surface area contributed by atoms with Gasteiger partial charge in [0.1, 0.15) is 0 Å². The van der Waals surface area contributed by atoms with Crippen molar-refractivity contribution in [3.8, 4) is 0 Å². The first-order valence-corrected chi connectivity index (χ1v) is 7.01. The molecule has 0 saturated heterocycles. The van der Waals surface area contributed by atoms with Gasteiger partial charge in [-0.15, -0.1) is 0 Å². The Balaban J connectivity index is 2.08.